The maximum absolute atomic E-state index is 13.1. The Kier molecular flexibility index (Phi) is 22.2. The van der Waals surface area contributed by atoms with Gasteiger partial charge in [0.1, 0.15) is 16.1 Å². The molecule has 13 heterocycles. The molecule has 3 aliphatic carbocycles. The van der Waals surface area contributed by atoms with Gasteiger partial charge < -0.3 is 43.9 Å². The van der Waals surface area contributed by atoms with Gasteiger partial charge in [0.2, 0.25) is 0 Å². The van der Waals surface area contributed by atoms with Crippen LogP contribution in [0.1, 0.15) is 133 Å². The van der Waals surface area contributed by atoms with E-state index in [4.69, 9.17) is 40.5 Å². The molecule has 130 heavy (non-hydrogen) atoms. The fourth-order valence-electron chi connectivity index (χ4n) is 19.6. The Morgan fingerprint density at radius 2 is 0.838 bits per heavy atom. The Morgan fingerprint density at radius 3 is 1.34 bits per heavy atom. The molecule has 0 saturated heterocycles. The van der Waals surface area contributed by atoms with E-state index in [-0.39, 0.29) is 39.6 Å². The molecule has 6 N–H and O–H groups in total. The Morgan fingerprint density at radius 1 is 0.400 bits per heavy atom. The first-order valence-electron chi connectivity index (χ1n) is 43.1. The number of thiazole rings is 1. The second kappa shape index (κ2) is 34.6. The second-order valence-electron chi connectivity index (χ2n) is 33.4. The number of halogens is 3. The Balaban J connectivity index is 0.000000109. The highest BCUT2D eigenvalue weighted by molar-refractivity contribution is 7.16. The van der Waals surface area contributed by atoms with Gasteiger partial charge in [0.05, 0.1) is 73.0 Å². The zero-order valence-corrected chi connectivity index (χ0v) is 74.3. The van der Waals surface area contributed by atoms with E-state index >= 15 is 0 Å². The van der Waals surface area contributed by atoms with Crippen LogP contribution in [0.15, 0.2) is 256 Å². The Labute approximate surface area is 761 Å². The molecule has 0 atom stereocenters. The lowest BCUT2D eigenvalue weighted by atomic mass is 9.99. The van der Waals surface area contributed by atoms with E-state index in [9.17, 15) is 33.6 Å². The number of hydrogen-bond acceptors (Lipinski definition) is 14. The molecular formula is C105H83Cl3N14O7S. The first-order chi connectivity index (χ1) is 63.2. The molecule has 0 saturated carbocycles. The van der Waals surface area contributed by atoms with E-state index in [1.54, 1.807) is 106 Å². The van der Waals surface area contributed by atoms with E-state index in [1.807, 2.05) is 131 Å². The minimum absolute atomic E-state index is 0.0842. The third-order valence-electron chi connectivity index (χ3n) is 25.4. The summed E-state index contributed by atoms with van der Waals surface area (Å²) in [5.74, 6) is 0.214. The van der Waals surface area contributed by atoms with Crippen LogP contribution >= 0.6 is 46.1 Å². The van der Waals surface area contributed by atoms with Crippen molar-refractivity contribution in [2.24, 2.45) is 0 Å². The number of H-pyrrole nitrogens is 4. The van der Waals surface area contributed by atoms with Crippen LogP contribution in [0.4, 0.5) is 5.82 Å². The van der Waals surface area contributed by atoms with Crippen molar-refractivity contribution in [2.75, 3.05) is 5.73 Å². The van der Waals surface area contributed by atoms with E-state index in [0.29, 0.717) is 103 Å². The molecule has 23 rings (SSSR count). The first-order valence-corrected chi connectivity index (χ1v) is 45.1. The van der Waals surface area contributed by atoms with Crippen LogP contribution in [0.25, 0.3) is 131 Å². The maximum Gasteiger partial charge on any atom is 0.255 e. The summed E-state index contributed by atoms with van der Waals surface area (Å²) in [6, 6.07) is 63.0. The number of Topliss-reactive ketones (excluding diaryl/α,β-unsaturated/α-hetero) is 3. The lowest BCUT2D eigenvalue weighted by Crippen LogP contribution is -2.12. The van der Waals surface area contributed by atoms with Crippen molar-refractivity contribution in [3.63, 3.8) is 0 Å². The molecule has 0 fully saturated rings. The SMILES string of the molecule is CC(=O)c1c(-c2ccc[nH]c2=O)c2cc3c(cc2n1Cc1cc(Cl)nc2ccccc12)CCC3.CC(=O)c1c(-c2ccc[nH]c2=O)c2cc3c(cc2n1Cc1cc2ccccc2nc1Cl)CCC3.CC(=O)c1c(-c2ccc[nH]c2=O)c2cc3c(cc2n1Cc1cnc2ccccc2c1Cl)CCC3.Cc1c(-c2ccc[nH]c2=O)c2cc3scnc3cc2n1Cc1ccnc(N)c1. The number of pyridine rings is 8. The number of carbonyl (C=O) groups excluding carboxylic acids is 3. The highest BCUT2D eigenvalue weighted by atomic mass is 35.5. The summed E-state index contributed by atoms with van der Waals surface area (Å²) in [6.45, 7) is 8.56. The molecule has 0 aliphatic heterocycles. The van der Waals surface area contributed by atoms with Gasteiger partial charge in [0, 0.05) is 187 Å². The number of anilines is 1. The second-order valence-corrected chi connectivity index (χ2v) is 35.4. The topological polar surface area (TPSA) is 293 Å². The lowest BCUT2D eigenvalue weighted by Gasteiger charge is -2.13. The number of carbonyl (C=O) groups is 3. The predicted octanol–water partition coefficient (Wildman–Crippen LogP) is 21.8. The zero-order chi connectivity index (χ0) is 89.4. The highest BCUT2D eigenvalue weighted by Gasteiger charge is 2.32. The van der Waals surface area contributed by atoms with Gasteiger partial charge in [0.25, 0.3) is 22.2 Å². The van der Waals surface area contributed by atoms with Gasteiger partial charge in [0.15, 0.2) is 17.3 Å². The monoisotopic (exact) mass is 1790 g/mol. The number of aryl methyl sites for hydroxylation is 6. The summed E-state index contributed by atoms with van der Waals surface area (Å²) in [5, 5.41) is 8.14. The molecule has 642 valence electrons. The van der Waals surface area contributed by atoms with Crippen LogP contribution in [0.5, 0.6) is 0 Å². The molecule has 13 aromatic heterocycles. The molecule has 0 unspecified atom stereocenters. The quantitative estimate of drug-likeness (QED) is 0.0472. The summed E-state index contributed by atoms with van der Waals surface area (Å²) in [4.78, 5) is 124. The molecule has 3 aliphatic rings. The number of ketones is 3. The van der Waals surface area contributed by atoms with Crippen LogP contribution in [0, 0.1) is 6.92 Å². The molecule has 0 amide bonds. The van der Waals surface area contributed by atoms with Crippen LogP contribution in [-0.4, -0.2) is 80.5 Å². The van der Waals surface area contributed by atoms with E-state index in [0.717, 1.165) is 178 Å². The zero-order valence-electron chi connectivity index (χ0n) is 71.2. The standard InChI is InChI=1S/3C28H22ClN3O2.C21H17N5OS/c1-16(33)27-25(21-9-5-11-30-28(21)34)22-12-17-6-4-7-18(17)13-24(22)32(27)15-19-14-31-23-10-3-2-8-20(23)26(19)29;1-16(33)27-26(21-9-5-11-30-28(21)34)22-12-17-6-4-7-18(17)13-24(22)32(27)15-19-14-25(29)31-23-10-3-2-8-20(19)23;1-16(33)26-25(21-9-5-11-30-28(21)34)22-13-17-7-4-8-18(17)14-24(22)32(26)15-20-12-19-6-2-3-10-23(19)31-27(20)29;1-12-20(14-3-2-5-24-21(14)27)15-8-18-16(25-11-28-18)9-17(15)26(12)10-13-4-6-23-19(22)7-13/h2*2-3,5,8-14H,4,6-7,15H2,1H3,(H,30,34);2-3,5-6,9-14H,4,7-8,15H2,1H3,(H,30,34);2-9,11H,10H2,1H3,(H2,22,23)(H,24,27). The molecule has 0 bridgehead atoms. The summed E-state index contributed by atoms with van der Waals surface area (Å²) >= 11 is 21.4. The third kappa shape index (κ3) is 15.4. The van der Waals surface area contributed by atoms with Gasteiger partial charge >= 0.3 is 0 Å². The normalized spacial score (nSPS) is 12.7. The number of rotatable bonds is 15. The fourth-order valence-corrected chi connectivity index (χ4v) is 21.0. The number of para-hydroxylation sites is 3. The number of hydrogen-bond donors (Lipinski definition) is 5. The van der Waals surface area contributed by atoms with Gasteiger partial charge in [-0.1, -0.05) is 89.4 Å². The van der Waals surface area contributed by atoms with E-state index in [2.05, 4.69) is 103 Å². The Bertz CT molecular complexity index is 8200. The number of nitrogens with one attached hydrogen (secondary N) is 4. The molecule has 0 radical (unpaired) electrons. The number of nitrogens with two attached hydrogens (primary N) is 1. The molecular weight excluding hydrogens is 1710 g/mol. The summed E-state index contributed by atoms with van der Waals surface area (Å²) in [6.07, 6.45) is 19.4. The van der Waals surface area contributed by atoms with Crippen molar-refractivity contribution in [2.45, 2.75) is 112 Å². The van der Waals surface area contributed by atoms with Gasteiger partial charge in [-0.15, -0.1) is 11.3 Å². The largest absolute Gasteiger partial charge is 0.384 e. The fraction of sp³-hybridized carbons (Fsp3) is 0.162. The first kappa shape index (κ1) is 83.7. The van der Waals surface area contributed by atoms with Crippen molar-refractivity contribution in [3.8, 4) is 44.5 Å². The van der Waals surface area contributed by atoms with Gasteiger partial charge in [-0.3, -0.25) is 38.5 Å². The van der Waals surface area contributed by atoms with Gasteiger partial charge in [-0.25, -0.2) is 19.9 Å². The van der Waals surface area contributed by atoms with Crippen molar-refractivity contribution >= 4 is 156 Å². The summed E-state index contributed by atoms with van der Waals surface area (Å²) < 4.78 is 9.39. The summed E-state index contributed by atoms with van der Waals surface area (Å²) in [7, 11) is 0. The van der Waals surface area contributed by atoms with Gasteiger partial charge in [-0.2, -0.15) is 0 Å². The number of fused-ring (bicyclic) bond motifs is 11. The summed E-state index contributed by atoms with van der Waals surface area (Å²) in [5.41, 5.74) is 33.6. The molecule has 20 aromatic rings. The number of nitrogens with zero attached hydrogens (tertiary/aromatic N) is 9. The lowest BCUT2D eigenvalue weighted by molar-refractivity contribution is 0.0997. The van der Waals surface area contributed by atoms with Crippen molar-refractivity contribution in [1.82, 2.24) is 63.1 Å². The van der Waals surface area contributed by atoms with E-state index < -0.39 is 0 Å². The molecule has 25 heteroatoms. The predicted molar refractivity (Wildman–Crippen MR) is 521 cm³/mol. The maximum atomic E-state index is 13.1. The van der Waals surface area contributed by atoms with Crippen molar-refractivity contribution in [3.05, 3.63) is 372 Å². The van der Waals surface area contributed by atoms with Crippen molar-refractivity contribution in [1.29, 1.82) is 0 Å². The average molecular weight is 1790 g/mol. The van der Waals surface area contributed by atoms with Crippen molar-refractivity contribution < 1.29 is 14.4 Å². The number of aromatic nitrogens is 13. The average Bonchev–Trinajstić information content (AvgIpc) is 1.59. The van der Waals surface area contributed by atoms with Gasteiger partial charge in [-0.05, 0) is 249 Å². The van der Waals surface area contributed by atoms with Crippen LogP contribution in [-0.2, 0) is 64.7 Å². The Hall–Kier alpha value is -14.6. The molecule has 21 nitrogen and oxygen atoms in total. The highest BCUT2D eigenvalue weighted by Crippen LogP contribution is 2.45. The number of aromatic amines is 4. The number of benzene rings is 7. The van der Waals surface area contributed by atoms with Crippen LogP contribution in [0.3, 0.4) is 0 Å². The minimum Gasteiger partial charge on any atom is -0.384 e. The third-order valence-corrected chi connectivity index (χ3v) is 27.2. The molecule has 0 spiro atoms. The minimum atomic E-state index is -0.213. The van der Waals surface area contributed by atoms with E-state index in [1.165, 1.54) is 33.4 Å². The smallest absolute Gasteiger partial charge is 0.255 e. The van der Waals surface area contributed by atoms with Crippen LogP contribution in [0.2, 0.25) is 15.3 Å². The van der Waals surface area contributed by atoms with Crippen LogP contribution < -0.4 is 28.0 Å². The number of nitrogen functional groups attached to an aromatic ring is 1. The molecule has 7 aromatic carbocycles.